The second-order valence-electron chi connectivity index (χ2n) is 6.38. The van der Waals surface area contributed by atoms with Crippen molar-refractivity contribution in [2.75, 3.05) is 45.9 Å². The molecule has 1 fully saturated rings. The Morgan fingerprint density at radius 3 is 2.84 bits per heavy atom. The Morgan fingerprint density at radius 2 is 2.12 bits per heavy atom. The molecule has 1 unspecified atom stereocenters. The summed E-state index contributed by atoms with van der Waals surface area (Å²) in [6.07, 6.45) is 1.79. The third kappa shape index (κ3) is 7.40. The van der Waals surface area contributed by atoms with Crippen molar-refractivity contribution in [1.82, 2.24) is 15.5 Å². The van der Waals surface area contributed by atoms with Crippen LogP contribution in [-0.2, 0) is 11.2 Å². The average molecular weight is 350 g/mol. The number of aryl methyl sites for hydroxylation is 1. The van der Waals surface area contributed by atoms with Crippen LogP contribution in [0.5, 0.6) is 0 Å². The first-order chi connectivity index (χ1) is 12.2. The van der Waals surface area contributed by atoms with Gasteiger partial charge in [0, 0.05) is 32.2 Å². The first-order valence-electron chi connectivity index (χ1n) is 9.27. The lowest BCUT2D eigenvalue weighted by molar-refractivity contribution is 0.0220. The molecule has 1 aromatic rings. The molecule has 6 heteroatoms. The van der Waals surface area contributed by atoms with Gasteiger partial charge in [-0.2, -0.15) is 0 Å². The number of guanidine groups is 1. The fraction of sp³-hybridized carbons (Fsp3) is 0.632. The van der Waals surface area contributed by atoms with Gasteiger partial charge in [-0.3, -0.25) is 9.89 Å². The summed E-state index contributed by atoms with van der Waals surface area (Å²) in [6, 6.07) is 7.21. The van der Waals surface area contributed by atoms with E-state index < -0.39 is 0 Å². The standard InChI is InChI=1S/C19H31FN4O/c1-3-21-19(23-15-16(2)24-10-12-25-13-11-24)22-9-5-7-17-6-4-8-18(20)14-17/h4,6,8,14,16H,3,5,7,9-13,15H2,1-2H3,(H2,21,22,23). The van der Waals surface area contributed by atoms with Crippen molar-refractivity contribution in [3.05, 3.63) is 35.6 Å². The molecule has 0 bridgehead atoms. The van der Waals surface area contributed by atoms with Gasteiger partial charge < -0.3 is 15.4 Å². The normalized spacial score (nSPS) is 17.3. The maximum absolute atomic E-state index is 13.2. The fourth-order valence-corrected chi connectivity index (χ4v) is 2.89. The Hall–Kier alpha value is -1.66. The van der Waals surface area contributed by atoms with Crippen LogP contribution < -0.4 is 10.6 Å². The van der Waals surface area contributed by atoms with E-state index in [9.17, 15) is 4.39 Å². The van der Waals surface area contributed by atoms with Gasteiger partial charge in [0.15, 0.2) is 5.96 Å². The smallest absolute Gasteiger partial charge is 0.191 e. The summed E-state index contributed by atoms with van der Waals surface area (Å²) in [5.74, 6) is 0.680. The van der Waals surface area contributed by atoms with Crippen LogP contribution in [0.4, 0.5) is 4.39 Å². The lowest BCUT2D eigenvalue weighted by Gasteiger charge is -2.31. The molecular weight excluding hydrogens is 319 g/mol. The lowest BCUT2D eigenvalue weighted by Crippen LogP contribution is -2.44. The first kappa shape index (κ1) is 19.7. The zero-order valence-electron chi connectivity index (χ0n) is 15.4. The number of aliphatic imine (C=N–C) groups is 1. The van der Waals surface area contributed by atoms with Crippen molar-refractivity contribution in [3.8, 4) is 0 Å². The van der Waals surface area contributed by atoms with Gasteiger partial charge >= 0.3 is 0 Å². The predicted molar refractivity (Wildman–Crippen MR) is 101 cm³/mol. The largest absolute Gasteiger partial charge is 0.379 e. The van der Waals surface area contributed by atoms with Crippen LogP contribution in [0.2, 0.25) is 0 Å². The topological polar surface area (TPSA) is 48.9 Å². The molecule has 2 rings (SSSR count). The Kier molecular flexibility index (Phi) is 8.69. The van der Waals surface area contributed by atoms with Gasteiger partial charge in [-0.15, -0.1) is 0 Å². The van der Waals surface area contributed by atoms with E-state index in [4.69, 9.17) is 9.73 Å². The highest BCUT2D eigenvalue weighted by Crippen LogP contribution is 2.06. The molecule has 0 aromatic heterocycles. The van der Waals surface area contributed by atoms with E-state index in [1.54, 1.807) is 12.1 Å². The van der Waals surface area contributed by atoms with Crippen LogP contribution >= 0.6 is 0 Å². The zero-order chi connectivity index (χ0) is 17.9. The summed E-state index contributed by atoms with van der Waals surface area (Å²) in [7, 11) is 0. The number of benzene rings is 1. The summed E-state index contributed by atoms with van der Waals surface area (Å²) in [5, 5.41) is 6.65. The third-order valence-corrected chi connectivity index (χ3v) is 4.35. The third-order valence-electron chi connectivity index (χ3n) is 4.35. The Morgan fingerprint density at radius 1 is 1.32 bits per heavy atom. The van der Waals surface area contributed by atoms with E-state index in [1.807, 2.05) is 6.07 Å². The number of morpholine rings is 1. The highest BCUT2D eigenvalue weighted by atomic mass is 19.1. The molecule has 0 spiro atoms. The first-order valence-corrected chi connectivity index (χ1v) is 9.27. The van der Waals surface area contributed by atoms with Crippen LogP contribution in [0.1, 0.15) is 25.8 Å². The van der Waals surface area contributed by atoms with E-state index >= 15 is 0 Å². The van der Waals surface area contributed by atoms with E-state index in [1.165, 1.54) is 6.07 Å². The monoisotopic (exact) mass is 350 g/mol. The van der Waals surface area contributed by atoms with Crippen molar-refractivity contribution in [3.63, 3.8) is 0 Å². The van der Waals surface area contributed by atoms with Crippen LogP contribution in [0.15, 0.2) is 29.3 Å². The molecule has 1 aromatic carbocycles. The second kappa shape index (κ2) is 11.1. The molecule has 1 aliphatic heterocycles. The maximum Gasteiger partial charge on any atom is 0.191 e. The number of ether oxygens (including phenoxy) is 1. The molecule has 0 aliphatic carbocycles. The number of halogens is 1. The summed E-state index contributed by atoms with van der Waals surface area (Å²) >= 11 is 0. The van der Waals surface area contributed by atoms with Gasteiger partial charge in [0.05, 0.1) is 19.8 Å². The van der Waals surface area contributed by atoms with Gasteiger partial charge in [0.1, 0.15) is 5.82 Å². The van der Waals surface area contributed by atoms with Gasteiger partial charge in [0.25, 0.3) is 0 Å². The summed E-state index contributed by atoms with van der Waals surface area (Å²) in [5.41, 5.74) is 1.03. The lowest BCUT2D eigenvalue weighted by atomic mass is 10.1. The molecule has 25 heavy (non-hydrogen) atoms. The number of nitrogens with zero attached hydrogens (tertiary/aromatic N) is 2. The van der Waals surface area contributed by atoms with Gasteiger partial charge in [0.2, 0.25) is 0 Å². The summed E-state index contributed by atoms with van der Waals surface area (Å²) in [4.78, 5) is 7.12. The van der Waals surface area contributed by atoms with E-state index in [2.05, 4.69) is 29.4 Å². The minimum atomic E-state index is -0.169. The Balaban J connectivity index is 1.73. The number of rotatable bonds is 8. The molecule has 0 radical (unpaired) electrons. The van der Waals surface area contributed by atoms with E-state index in [-0.39, 0.29) is 5.82 Å². The van der Waals surface area contributed by atoms with Crippen molar-refractivity contribution in [1.29, 1.82) is 0 Å². The van der Waals surface area contributed by atoms with Crippen LogP contribution in [0.25, 0.3) is 0 Å². The van der Waals surface area contributed by atoms with Gasteiger partial charge in [-0.1, -0.05) is 12.1 Å². The van der Waals surface area contributed by atoms with Crippen molar-refractivity contribution < 1.29 is 9.13 Å². The van der Waals surface area contributed by atoms with Crippen LogP contribution in [0.3, 0.4) is 0 Å². The maximum atomic E-state index is 13.2. The second-order valence-corrected chi connectivity index (χ2v) is 6.38. The Bertz CT molecular complexity index is 532. The molecule has 5 nitrogen and oxygen atoms in total. The summed E-state index contributed by atoms with van der Waals surface area (Å²) in [6.45, 7) is 10.3. The SMILES string of the molecule is CCNC(=NCC(C)N1CCOCC1)NCCCc1cccc(F)c1. The number of hydrogen-bond donors (Lipinski definition) is 2. The molecule has 0 amide bonds. The van der Waals surface area contributed by atoms with Crippen molar-refractivity contribution >= 4 is 5.96 Å². The van der Waals surface area contributed by atoms with Gasteiger partial charge in [-0.25, -0.2) is 4.39 Å². The van der Waals surface area contributed by atoms with Crippen LogP contribution in [0, 0.1) is 5.82 Å². The number of nitrogens with one attached hydrogen (secondary N) is 2. The van der Waals surface area contributed by atoms with Crippen molar-refractivity contribution in [2.45, 2.75) is 32.7 Å². The highest BCUT2D eigenvalue weighted by Gasteiger charge is 2.16. The number of hydrogen-bond acceptors (Lipinski definition) is 3. The van der Waals surface area contributed by atoms with Crippen molar-refractivity contribution in [2.24, 2.45) is 4.99 Å². The molecule has 1 atom stereocenters. The molecule has 140 valence electrons. The average Bonchev–Trinajstić information content (AvgIpc) is 2.63. The van der Waals surface area contributed by atoms with Gasteiger partial charge in [-0.05, 0) is 44.4 Å². The zero-order valence-corrected chi connectivity index (χ0v) is 15.4. The van der Waals surface area contributed by atoms with E-state index in [0.29, 0.717) is 6.04 Å². The molecule has 1 saturated heterocycles. The predicted octanol–water partition coefficient (Wildman–Crippen LogP) is 2.03. The molecule has 2 N–H and O–H groups in total. The fourth-order valence-electron chi connectivity index (χ4n) is 2.89. The summed E-state index contributed by atoms with van der Waals surface area (Å²) < 4.78 is 18.6. The Labute approximate surface area is 150 Å². The molecular formula is C19H31FN4O. The molecule has 1 aliphatic rings. The minimum absolute atomic E-state index is 0.169. The quantitative estimate of drug-likeness (QED) is 0.428. The minimum Gasteiger partial charge on any atom is -0.379 e. The van der Waals surface area contributed by atoms with E-state index in [0.717, 1.165) is 70.3 Å². The van der Waals surface area contributed by atoms with Crippen LogP contribution in [-0.4, -0.2) is 62.8 Å². The molecule has 0 saturated carbocycles. The highest BCUT2D eigenvalue weighted by molar-refractivity contribution is 5.79. The molecule has 1 heterocycles.